The van der Waals surface area contributed by atoms with E-state index in [9.17, 15) is 4.79 Å². The van der Waals surface area contributed by atoms with E-state index >= 15 is 0 Å². The van der Waals surface area contributed by atoms with Gasteiger partial charge in [-0.3, -0.25) is 4.84 Å². The van der Waals surface area contributed by atoms with Crippen LogP contribution in [0.4, 0.5) is 0 Å². The fourth-order valence-electron chi connectivity index (χ4n) is 1.73. The highest BCUT2D eigenvalue weighted by Gasteiger charge is 2.17. The molecule has 0 amide bonds. The van der Waals surface area contributed by atoms with E-state index in [2.05, 4.69) is 4.84 Å². The van der Waals surface area contributed by atoms with Crippen LogP contribution in [0.3, 0.4) is 0 Å². The maximum atomic E-state index is 10.8. The quantitative estimate of drug-likeness (QED) is 0.789. The Bertz CT molecular complexity index is 554. The summed E-state index contributed by atoms with van der Waals surface area (Å²) in [6.07, 6.45) is -0.840. The number of rotatable bonds is 6. The van der Waals surface area contributed by atoms with Gasteiger partial charge in [-0.2, -0.15) is 0 Å². The average molecular weight is 273 g/mol. The highest BCUT2D eigenvalue weighted by molar-refractivity contribution is 5.72. The molecule has 0 aliphatic heterocycles. The molecule has 0 aliphatic carbocycles. The van der Waals surface area contributed by atoms with Gasteiger partial charge in [-0.25, -0.2) is 10.7 Å². The van der Waals surface area contributed by atoms with Crippen LogP contribution in [0.25, 0.3) is 0 Å². The third kappa shape index (κ3) is 3.81. The molecule has 2 aromatic carbocycles. The van der Waals surface area contributed by atoms with Crippen LogP contribution in [-0.4, -0.2) is 17.2 Å². The van der Waals surface area contributed by atoms with Gasteiger partial charge in [0.2, 0.25) is 0 Å². The predicted octanol–water partition coefficient (Wildman–Crippen LogP) is 2.36. The maximum Gasteiger partial charge on any atom is 0.335 e. The van der Waals surface area contributed by atoms with E-state index < -0.39 is 12.1 Å². The summed E-state index contributed by atoms with van der Waals surface area (Å²) < 4.78 is 5.64. The van der Waals surface area contributed by atoms with E-state index in [1.807, 2.05) is 30.3 Å². The van der Waals surface area contributed by atoms with Crippen molar-refractivity contribution in [2.75, 3.05) is 0 Å². The summed E-state index contributed by atoms with van der Waals surface area (Å²) in [5.41, 5.74) is 0.809. The highest BCUT2D eigenvalue weighted by Crippen LogP contribution is 2.21. The Morgan fingerprint density at radius 3 is 2.20 bits per heavy atom. The number of para-hydroxylation sites is 1. The first-order valence-corrected chi connectivity index (χ1v) is 6.09. The van der Waals surface area contributed by atoms with Crippen LogP contribution >= 0.6 is 0 Å². The van der Waals surface area contributed by atoms with E-state index in [4.69, 9.17) is 15.7 Å². The van der Waals surface area contributed by atoms with E-state index in [1.54, 1.807) is 24.3 Å². The zero-order chi connectivity index (χ0) is 14.4. The van der Waals surface area contributed by atoms with Crippen LogP contribution in [0.1, 0.15) is 5.56 Å². The summed E-state index contributed by atoms with van der Waals surface area (Å²) in [4.78, 5) is 15.2. The minimum Gasteiger partial charge on any atom is -0.479 e. The first kappa shape index (κ1) is 14.0. The minimum atomic E-state index is -1.09. The minimum absolute atomic E-state index is 0.206. The van der Waals surface area contributed by atoms with E-state index in [0.717, 1.165) is 11.3 Å². The third-order valence-electron chi connectivity index (χ3n) is 2.76. The second-order valence-corrected chi connectivity index (χ2v) is 4.23. The molecule has 3 N–H and O–H groups in total. The number of nitrogens with two attached hydrogens (primary N) is 1. The van der Waals surface area contributed by atoms with Crippen molar-refractivity contribution < 1.29 is 19.5 Å². The van der Waals surface area contributed by atoms with Gasteiger partial charge in [0.1, 0.15) is 11.5 Å². The van der Waals surface area contributed by atoms with Crippen molar-refractivity contribution in [3.8, 4) is 11.5 Å². The van der Waals surface area contributed by atoms with Crippen LogP contribution in [0.5, 0.6) is 11.5 Å². The number of aliphatic carboxylic acids is 1. The van der Waals surface area contributed by atoms with Crippen LogP contribution in [0, 0.1) is 0 Å². The molecule has 0 aliphatic rings. The predicted molar refractivity (Wildman–Crippen MR) is 73.4 cm³/mol. The zero-order valence-electron chi connectivity index (χ0n) is 10.7. The first-order valence-electron chi connectivity index (χ1n) is 6.09. The Morgan fingerprint density at radius 2 is 1.65 bits per heavy atom. The normalized spacial score (nSPS) is 11.8. The summed E-state index contributed by atoms with van der Waals surface area (Å²) in [7, 11) is 0. The Labute approximate surface area is 116 Å². The van der Waals surface area contributed by atoms with Gasteiger partial charge >= 0.3 is 5.97 Å². The van der Waals surface area contributed by atoms with Crippen molar-refractivity contribution in [2.24, 2.45) is 5.90 Å². The molecule has 0 saturated heterocycles. The largest absolute Gasteiger partial charge is 0.479 e. The molecule has 0 bridgehead atoms. The first-order chi connectivity index (χ1) is 9.69. The summed E-state index contributed by atoms with van der Waals surface area (Å²) in [6.45, 7) is 0. The highest BCUT2D eigenvalue weighted by atomic mass is 16.6. The number of hydrogen-bond acceptors (Lipinski definition) is 4. The van der Waals surface area contributed by atoms with Gasteiger partial charge < -0.3 is 9.84 Å². The summed E-state index contributed by atoms with van der Waals surface area (Å²) in [5.74, 6) is 5.29. The van der Waals surface area contributed by atoms with Crippen molar-refractivity contribution in [2.45, 2.75) is 12.5 Å². The van der Waals surface area contributed by atoms with Crippen molar-refractivity contribution in [3.05, 3.63) is 60.2 Å². The number of ether oxygens (including phenoxy) is 1. The second kappa shape index (κ2) is 6.70. The zero-order valence-corrected chi connectivity index (χ0v) is 10.7. The molecule has 0 spiro atoms. The molecule has 0 radical (unpaired) electrons. The fraction of sp³-hybridized carbons (Fsp3) is 0.133. The van der Waals surface area contributed by atoms with Crippen molar-refractivity contribution >= 4 is 5.97 Å². The summed E-state index contributed by atoms with van der Waals surface area (Å²) >= 11 is 0. The molecule has 0 aromatic heterocycles. The number of carbonyl (C=O) groups is 1. The van der Waals surface area contributed by atoms with Crippen LogP contribution in [-0.2, 0) is 16.1 Å². The molecule has 0 saturated carbocycles. The smallest absolute Gasteiger partial charge is 0.335 e. The van der Waals surface area contributed by atoms with Crippen molar-refractivity contribution in [1.29, 1.82) is 0 Å². The number of carboxylic acids is 1. The lowest BCUT2D eigenvalue weighted by molar-refractivity contribution is -0.150. The third-order valence-corrected chi connectivity index (χ3v) is 2.76. The molecule has 1 unspecified atom stereocenters. The molecule has 2 rings (SSSR count). The lowest BCUT2D eigenvalue weighted by Gasteiger charge is -2.10. The van der Waals surface area contributed by atoms with E-state index in [-0.39, 0.29) is 6.42 Å². The standard InChI is InChI=1S/C15H15NO4/c16-20-14(15(17)18)10-11-6-8-13(9-7-11)19-12-4-2-1-3-5-12/h1-9,14H,10,16H2,(H,17,18). The lowest BCUT2D eigenvalue weighted by atomic mass is 10.1. The van der Waals surface area contributed by atoms with Crippen LogP contribution in [0.2, 0.25) is 0 Å². The molecule has 0 heterocycles. The van der Waals surface area contributed by atoms with Gasteiger partial charge in [-0.05, 0) is 29.8 Å². The summed E-state index contributed by atoms with van der Waals surface area (Å²) in [5, 5.41) is 8.85. The topological polar surface area (TPSA) is 81.8 Å². The summed E-state index contributed by atoms with van der Waals surface area (Å²) in [6, 6.07) is 16.5. The molecule has 1 atom stereocenters. The Morgan fingerprint density at radius 1 is 1.05 bits per heavy atom. The van der Waals surface area contributed by atoms with Gasteiger partial charge in [0, 0.05) is 6.42 Å². The van der Waals surface area contributed by atoms with Gasteiger partial charge in [0.25, 0.3) is 0 Å². The van der Waals surface area contributed by atoms with Gasteiger partial charge in [0.15, 0.2) is 6.10 Å². The van der Waals surface area contributed by atoms with Gasteiger partial charge in [-0.1, -0.05) is 30.3 Å². The lowest BCUT2D eigenvalue weighted by Crippen LogP contribution is -2.29. The van der Waals surface area contributed by atoms with Crippen molar-refractivity contribution in [1.82, 2.24) is 0 Å². The molecule has 0 fully saturated rings. The monoisotopic (exact) mass is 273 g/mol. The molecule has 20 heavy (non-hydrogen) atoms. The van der Waals surface area contributed by atoms with Crippen LogP contribution in [0.15, 0.2) is 54.6 Å². The Balaban J connectivity index is 2.01. The molecule has 104 valence electrons. The number of benzene rings is 2. The molecular formula is C15H15NO4. The Kier molecular flexibility index (Phi) is 4.70. The molecule has 2 aromatic rings. The van der Waals surface area contributed by atoms with Crippen LogP contribution < -0.4 is 10.6 Å². The van der Waals surface area contributed by atoms with Gasteiger partial charge in [-0.15, -0.1) is 0 Å². The van der Waals surface area contributed by atoms with Crippen molar-refractivity contribution in [3.63, 3.8) is 0 Å². The second-order valence-electron chi connectivity index (χ2n) is 4.23. The molecule has 5 heteroatoms. The SMILES string of the molecule is NOC(Cc1ccc(Oc2ccccc2)cc1)C(=O)O. The number of carboxylic acid groups (broad SMARTS) is 1. The van der Waals surface area contributed by atoms with E-state index in [1.165, 1.54) is 0 Å². The van der Waals surface area contributed by atoms with Gasteiger partial charge in [0.05, 0.1) is 0 Å². The number of hydrogen-bond donors (Lipinski definition) is 2. The molecule has 5 nitrogen and oxygen atoms in total. The fourth-order valence-corrected chi connectivity index (χ4v) is 1.73. The maximum absolute atomic E-state index is 10.8. The van der Waals surface area contributed by atoms with E-state index in [0.29, 0.717) is 5.75 Å². The Hall–Kier alpha value is -2.37. The molecular weight excluding hydrogens is 258 g/mol. The average Bonchev–Trinajstić information content (AvgIpc) is 2.47.